The Balaban J connectivity index is 1.38. The van der Waals surface area contributed by atoms with Crippen molar-refractivity contribution in [1.82, 2.24) is 14.9 Å². The van der Waals surface area contributed by atoms with Crippen LogP contribution < -0.4 is 10.2 Å². The molecule has 3 heterocycles. The lowest BCUT2D eigenvalue weighted by atomic mass is 10.1. The number of rotatable bonds is 4. The van der Waals surface area contributed by atoms with Crippen molar-refractivity contribution in [3.63, 3.8) is 0 Å². The second kappa shape index (κ2) is 6.49. The number of benzene rings is 1. The van der Waals surface area contributed by atoms with Crippen LogP contribution >= 0.6 is 11.3 Å². The molecule has 122 valence electrons. The molecule has 0 unspecified atom stereocenters. The molecule has 1 saturated heterocycles. The van der Waals surface area contributed by atoms with Gasteiger partial charge in [-0.15, -0.1) is 11.3 Å². The Hall–Kier alpha value is -2.60. The van der Waals surface area contributed by atoms with E-state index in [0.717, 1.165) is 30.3 Å². The topological polar surface area (TPSA) is 50.2 Å². The molecule has 24 heavy (non-hydrogen) atoms. The summed E-state index contributed by atoms with van der Waals surface area (Å²) in [4.78, 5) is 19.0. The van der Waals surface area contributed by atoms with Crippen LogP contribution in [0.2, 0.25) is 0 Å². The van der Waals surface area contributed by atoms with Gasteiger partial charge in [-0.2, -0.15) is 0 Å². The van der Waals surface area contributed by atoms with Gasteiger partial charge in [-0.1, -0.05) is 0 Å². The summed E-state index contributed by atoms with van der Waals surface area (Å²) in [7, 11) is 0. The number of carbonyl (C=O) groups is 1. The quantitative estimate of drug-likeness (QED) is 0.796. The van der Waals surface area contributed by atoms with Crippen molar-refractivity contribution < 1.29 is 4.79 Å². The molecule has 0 spiro atoms. The Morgan fingerprint density at radius 3 is 2.71 bits per heavy atom. The molecule has 0 bridgehead atoms. The van der Waals surface area contributed by atoms with Crippen LogP contribution in [0.5, 0.6) is 0 Å². The third-order valence-corrected chi connectivity index (χ3v) is 5.08. The van der Waals surface area contributed by atoms with Crippen LogP contribution in [0.25, 0.3) is 5.69 Å². The van der Waals surface area contributed by atoms with Crippen molar-refractivity contribution in [2.24, 2.45) is 0 Å². The van der Waals surface area contributed by atoms with E-state index in [2.05, 4.69) is 15.2 Å². The van der Waals surface area contributed by atoms with Crippen molar-refractivity contribution >= 4 is 22.4 Å². The fourth-order valence-corrected chi connectivity index (χ4v) is 3.66. The average Bonchev–Trinajstić information content (AvgIpc) is 3.36. The van der Waals surface area contributed by atoms with Crippen molar-refractivity contribution in [2.75, 3.05) is 18.0 Å². The first-order chi connectivity index (χ1) is 11.8. The van der Waals surface area contributed by atoms with Crippen LogP contribution in [0.4, 0.5) is 5.13 Å². The molecule has 1 aliphatic rings. The minimum atomic E-state index is -0.0138. The molecular formula is C18H18N4OS. The first-order valence-corrected chi connectivity index (χ1v) is 8.86. The summed E-state index contributed by atoms with van der Waals surface area (Å²) in [6.45, 7) is 1.76. The van der Waals surface area contributed by atoms with Gasteiger partial charge in [-0.25, -0.2) is 4.98 Å². The number of thiazole rings is 1. The Morgan fingerprint density at radius 2 is 2.00 bits per heavy atom. The molecule has 1 aromatic carbocycles. The van der Waals surface area contributed by atoms with E-state index in [1.54, 1.807) is 11.3 Å². The number of amides is 1. The molecule has 1 N–H and O–H groups in total. The maximum atomic E-state index is 12.4. The lowest BCUT2D eigenvalue weighted by Gasteiger charge is -2.16. The smallest absolute Gasteiger partial charge is 0.251 e. The molecule has 1 aliphatic heterocycles. The zero-order valence-corrected chi connectivity index (χ0v) is 13.9. The van der Waals surface area contributed by atoms with E-state index in [0.29, 0.717) is 5.56 Å². The van der Waals surface area contributed by atoms with Crippen molar-refractivity contribution in [2.45, 2.75) is 12.5 Å². The standard InChI is InChI=1S/C18H18N4OS/c23-17(14-3-5-16(6-4-14)21-9-1-2-10-21)20-15-7-11-22(13-15)18-19-8-12-24-18/h1-6,8-10,12,15H,7,11,13H2,(H,20,23)/t15-/m0/s1. The molecule has 2 aromatic heterocycles. The van der Waals surface area contributed by atoms with Crippen LogP contribution in [-0.2, 0) is 0 Å². The molecule has 4 rings (SSSR count). The number of nitrogens with one attached hydrogen (secondary N) is 1. The minimum absolute atomic E-state index is 0.0138. The molecule has 3 aromatic rings. The Kier molecular flexibility index (Phi) is 4.04. The van der Waals surface area contributed by atoms with E-state index in [1.165, 1.54) is 0 Å². The molecule has 1 atom stereocenters. The van der Waals surface area contributed by atoms with Crippen molar-refractivity contribution in [3.05, 3.63) is 65.9 Å². The van der Waals surface area contributed by atoms with E-state index < -0.39 is 0 Å². The van der Waals surface area contributed by atoms with Gasteiger partial charge in [0.2, 0.25) is 0 Å². The minimum Gasteiger partial charge on any atom is -0.347 e. The Morgan fingerprint density at radius 1 is 1.21 bits per heavy atom. The lowest BCUT2D eigenvalue weighted by molar-refractivity contribution is 0.0940. The summed E-state index contributed by atoms with van der Waals surface area (Å²) in [6, 6.07) is 11.8. The molecule has 5 nitrogen and oxygen atoms in total. The SMILES string of the molecule is O=C(N[C@H]1CCN(c2nccs2)C1)c1ccc(-n2cccc2)cc1. The van der Waals surface area contributed by atoms with Gasteiger partial charge < -0.3 is 14.8 Å². The van der Waals surface area contributed by atoms with Crippen LogP contribution in [0.1, 0.15) is 16.8 Å². The predicted molar refractivity (Wildman–Crippen MR) is 96.0 cm³/mol. The summed E-state index contributed by atoms with van der Waals surface area (Å²) in [5.74, 6) is -0.0138. The molecule has 6 heteroatoms. The predicted octanol–water partition coefficient (Wildman–Crippen LogP) is 2.94. The van der Waals surface area contributed by atoms with Crippen LogP contribution in [0.15, 0.2) is 60.4 Å². The van der Waals surface area contributed by atoms with Crippen molar-refractivity contribution in [1.29, 1.82) is 0 Å². The second-order valence-corrected chi connectivity index (χ2v) is 6.73. The van der Waals surface area contributed by atoms with E-state index in [9.17, 15) is 4.79 Å². The zero-order valence-electron chi connectivity index (χ0n) is 13.1. The number of nitrogens with zero attached hydrogens (tertiary/aromatic N) is 3. The first-order valence-electron chi connectivity index (χ1n) is 7.98. The number of aromatic nitrogens is 2. The lowest BCUT2D eigenvalue weighted by Crippen LogP contribution is -2.37. The van der Waals surface area contributed by atoms with Crippen LogP contribution in [-0.4, -0.2) is 34.6 Å². The largest absolute Gasteiger partial charge is 0.347 e. The molecular weight excluding hydrogens is 320 g/mol. The molecule has 0 aliphatic carbocycles. The molecule has 0 saturated carbocycles. The summed E-state index contributed by atoms with van der Waals surface area (Å²) in [5, 5.41) is 6.14. The van der Waals surface area contributed by atoms with Gasteiger partial charge in [0.25, 0.3) is 5.91 Å². The van der Waals surface area contributed by atoms with Gasteiger partial charge in [0.05, 0.1) is 0 Å². The van der Waals surface area contributed by atoms with E-state index in [-0.39, 0.29) is 11.9 Å². The van der Waals surface area contributed by atoms with Crippen molar-refractivity contribution in [3.8, 4) is 5.69 Å². The first kappa shape index (κ1) is 15.0. The molecule has 1 amide bonds. The fourth-order valence-electron chi connectivity index (χ4n) is 2.98. The summed E-state index contributed by atoms with van der Waals surface area (Å²) >= 11 is 1.64. The van der Waals surface area contributed by atoms with Gasteiger partial charge in [0.15, 0.2) is 5.13 Å². The third-order valence-electron chi connectivity index (χ3n) is 4.25. The van der Waals surface area contributed by atoms with Gasteiger partial charge in [0.1, 0.15) is 0 Å². The number of hydrogen-bond acceptors (Lipinski definition) is 4. The average molecular weight is 338 g/mol. The van der Waals surface area contributed by atoms with E-state index >= 15 is 0 Å². The van der Waals surface area contributed by atoms with Gasteiger partial charge in [-0.05, 0) is 42.8 Å². The fraction of sp³-hybridized carbons (Fsp3) is 0.222. The highest BCUT2D eigenvalue weighted by Crippen LogP contribution is 2.22. The highest BCUT2D eigenvalue weighted by atomic mass is 32.1. The maximum Gasteiger partial charge on any atom is 0.251 e. The van der Waals surface area contributed by atoms with E-state index in [4.69, 9.17) is 0 Å². The maximum absolute atomic E-state index is 12.4. The Labute approximate surface area is 144 Å². The molecule has 0 radical (unpaired) electrons. The highest BCUT2D eigenvalue weighted by molar-refractivity contribution is 7.13. The normalized spacial score (nSPS) is 17.2. The highest BCUT2D eigenvalue weighted by Gasteiger charge is 2.25. The number of carbonyl (C=O) groups excluding carboxylic acids is 1. The zero-order chi connectivity index (χ0) is 16.4. The third kappa shape index (κ3) is 3.05. The van der Waals surface area contributed by atoms with Gasteiger partial charge >= 0.3 is 0 Å². The number of anilines is 1. The molecule has 1 fully saturated rings. The van der Waals surface area contributed by atoms with Gasteiger partial charge in [-0.3, -0.25) is 4.79 Å². The van der Waals surface area contributed by atoms with Crippen LogP contribution in [0, 0.1) is 0 Å². The monoisotopic (exact) mass is 338 g/mol. The van der Waals surface area contributed by atoms with Crippen LogP contribution in [0.3, 0.4) is 0 Å². The van der Waals surface area contributed by atoms with E-state index in [1.807, 2.05) is 64.9 Å². The summed E-state index contributed by atoms with van der Waals surface area (Å²) in [6.07, 6.45) is 6.74. The second-order valence-electron chi connectivity index (χ2n) is 5.86. The Bertz CT molecular complexity index is 796. The van der Waals surface area contributed by atoms with Gasteiger partial charge in [0, 0.05) is 54.4 Å². The number of hydrogen-bond donors (Lipinski definition) is 1. The summed E-state index contributed by atoms with van der Waals surface area (Å²) < 4.78 is 2.02. The summed E-state index contributed by atoms with van der Waals surface area (Å²) in [5.41, 5.74) is 1.74.